The zero-order valence-electron chi connectivity index (χ0n) is 49.4. The summed E-state index contributed by atoms with van der Waals surface area (Å²) in [4.78, 5) is 88.2. The van der Waals surface area contributed by atoms with Crippen LogP contribution in [0.15, 0.2) is 88.4 Å². The van der Waals surface area contributed by atoms with Crippen LogP contribution in [-0.2, 0) is 44.5 Å². The van der Waals surface area contributed by atoms with Crippen molar-refractivity contribution in [2.75, 3.05) is 39.8 Å². The van der Waals surface area contributed by atoms with Gasteiger partial charge in [0.15, 0.2) is 5.78 Å². The number of esters is 2. The number of methoxy groups -OCH3 is 2. The Morgan fingerprint density at radius 1 is 0.612 bits per heavy atom. The Hall–Kier alpha value is -6.88. The van der Waals surface area contributed by atoms with Gasteiger partial charge >= 0.3 is 11.9 Å². The summed E-state index contributed by atoms with van der Waals surface area (Å²) >= 11 is 1.43. The average molecular weight is 1200 g/mol. The number of benzene rings is 3. The predicted molar refractivity (Wildman–Crippen MR) is 319 cm³/mol. The fourth-order valence-electron chi connectivity index (χ4n) is 11.2. The molecule has 6 aromatic rings. The number of Topliss-reactive ketones (excluding diaryl/α,β-unsaturated/α-hetero) is 1. The number of nitrogen functional groups attached to an aromatic ring is 1. The number of hydrogen-bond acceptors (Lipinski definition) is 16. The van der Waals surface area contributed by atoms with E-state index in [1.165, 1.54) is 109 Å². The van der Waals surface area contributed by atoms with E-state index in [1.54, 1.807) is 6.20 Å². The molecule has 3 N–H and O–H groups in total. The van der Waals surface area contributed by atoms with Gasteiger partial charge in [0.2, 0.25) is 0 Å². The maximum absolute atomic E-state index is 13.7. The molecule has 462 valence electrons. The molecule has 0 aliphatic heterocycles. The van der Waals surface area contributed by atoms with Crippen molar-refractivity contribution in [2.45, 2.75) is 167 Å². The van der Waals surface area contributed by atoms with Gasteiger partial charge in [-0.15, -0.1) is 11.3 Å². The van der Waals surface area contributed by atoms with Gasteiger partial charge in [-0.1, -0.05) is 96.3 Å². The van der Waals surface area contributed by atoms with E-state index in [9.17, 15) is 41.9 Å². The van der Waals surface area contributed by atoms with Crippen molar-refractivity contribution in [3.05, 3.63) is 128 Å². The number of fused-ring (bicyclic) bond motifs is 2. The topological polar surface area (TPSA) is 235 Å². The molecular formula is C63H82F3N7O11S. The van der Waals surface area contributed by atoms with E-state index in [-0.39, 0.29) is 39.8 Å². The van der Waals surface area contributed by atoms with E-state index in [0.29, 0.717) is 67.9 Å². The Morgan fingerprint density at radius 2 is 1.06 bits per heavy atom. The molecule has 9 rings (SSSR count). The van der Waals surface area contributed by atoms with E-state index in [1.807, 2.05) is 26.2 Å². The minimum Gasteiger partial charge on any atom is -0.467 e. The number of thiazole rings is 1. The summed E-state index contributed by atoms with van der Waals surface area (Å²) in [7, 11) is 2.61. The molecule has 22 heteroatoms. The van der Waals surface area contributed by atoms with E-state index in [4.69, 9.17) is 29.4 Å². The number of carbonyl (C=O) groups excluding carboxylic acids is 4. The molecule has 3 heterocycles. The molecule has 3 aliphatic rings. The van der Waals surface area contributed by atoms with Crippen molar-refractivity contribution in [3.63, 3.8) is 0 Å². The largest absolute Gasteiger partial charge is 0.467 e. The lowest BCUT2D eigenvalue weighted by molar-refractivity contribution is -0.282. The van der Waals surface area contributed by atoms with Crippen molar-refractivity contribution in [1.29, 1.82) is 0 Å². The molecule has 1 amide bonds. The summed E-state index contributed by atoms with van der Waals surface area (Å²) in [5.74, 6) is -1.90. The van der Waals surface area contributed by atoms with Gasteiger partial charge in [-0.3, -0.25) is 28.3 Å². The van der Waals surface area contributed by atoms with Crippen molar-refractivity contribution < 1.29 is 56.0 Å². The molecule has 0 radical (unpaired) electrons. The molecule has 0 saturated heterocycles. The van der Waals surface area contributed by atoms with Crippen molar-refractivity contribution in [2.24, 2.45) is 17.8 Å². The van der Waals surface area contributed by atoms with Crippen molar-refractivity contribution in [1.82, 2.24) is 29.4 Å². The second kappa shape index (κ2) is 34.9. The number of nitrogens with two attached hydrogens (primary N) is 1. The Morgan fingerprint density at radius 3 is 1.52 bits per heavy atom. The lowest BCUT2D eigenvalue weighted by Crippen LogP contribution is -2.43. The van der Waals surface area contributed by atoms with Crippen LogP contribution >= 0.6 is 11.3 Å². The number of anilines is 1. The zero-order chi connectivity index (χ0) is 61.3. The first-order valence-electron chi connectivity index (χ1n) is 29.7. The van der Waals surface area contributed by atoms with Gasteiger partial charge < -0.3 is 34.7 Å². The summed E-state index contributed by atoms with van der Waals surface area (Å²) in [6.45, 7) is 7.10. The number of nitrogens with one attached hydrogen (secondary N) is 1. The number of ketones is 1. The van der Waals surface area contributed by atoms with Gasteiger partial charge in [-0.05, 0) is 112 Å². The maximum atomic E-state index is 13.7. The normalized spacial score (nSPS) is 15.9. The molecule has 3 fully saturated rings. The van der Waals surface area contributed by atoms with Crippen LogP contribution in [0.3, 0.4) is 0 Å². The maximum Gasteiger partial charge on any atom is 0.329 e. The Balaban J connectivity index is 0.000000190. The van der Waals surface area contributed by atoms with Gasteiger partial charge in [-0.25, -0.2) is 37.7 Å². The van der Waals surface area contributed by atoms with E-state index in [0.717, 1.165) is 94.2 Å². The van der Waals surface area contributed by atoms with Crippen LogP contribution in [0.2, 0.25) is 0 Å². The van der Waals surface area contributed by atoms with Crippen LogP contribution in [0.1, 0.15) is 164 Å². The molecule has 3 aromatic carbocycles. The molecule has 3 aliphatic carbocycles. The third-order valence-electron chi connectivity index (χ3n) is 15.6. The summed E-state index contributed by atoms with van der Waals surface area (Å²) in [6.07, 6.45) is 23.3. The molecule has 0 bridgehead atoms. The van der Waals surface area contributed by atoms with Crippen LogP contribution < -0.4 is 22.2 Å². The monoisotopic (exact) mass is 1200 g/mol. The minimum absolute atomic E-state index is 0.0301. The van der Waals surface area contributed by atoms with Gasteiger partial charge in [0.05, 0.1) is 71.7 Å². The van der Waals surface area contributed by atoms with Crippen LogP contribution in [0, 0.1) is 35.2 Å². The number of ether oxygens (including phenoxy) is 5. The fraction of sp³-hybridized carbons (Fsp3) is 0.540. The number of rotatable bonds is 21. The first kappa shape index (κ1) is 67.2. The molecular weight excluding hydrogens is 1120 g/mol. The van der Waals surface area contributed by atoms with E-state index in [2.05, 4.69) is 20.3 Å². The fourth-order valence-corrected chi connectivity index (χ4v) is 11.9. The highest BCUT2D eigenvalue weighted by Gasteiger charge is 2.31. The first-order valence-corrected chi connectivity index (χ1v) is 30.6. The number of nitrogens with zero attached hydrogens (tertiary/aromatic N) is 5. The number of hydrogen-bond donors (Lipinski definition) is 2. The highest BCUT2D eigenvalue weighted by Crippen LogP contribution is 2.33. The highest BCUT2D eigenvalue weighted by molar-refractivity contribution is 7.09. The first-order chi connectivity index (χ1) is 41.1. The summed E-state index contributed by atoms with van der Waals surface area (Å²) in [6, 6.07) is 9.40. The van der Waals surface area contributed by atoms with Gasteiger partial charge in [0.25, 0.3) is 23.5 Å². The average Bonchev–Trinajstić information content (AvgIpc) is 2.76. The molecule has 3 atom stereocenters. The highest BCUT2D eigenvalue weighted by atomic mass is 32.1. The van der Waals surface area contributed by atoms with Gasteiger partial charge in [-0.2, -0.15) is 0 Å². The summed E-state index contributed by atoms with van der Waals surface area (Å²) in [5, 5.41) is 5.60. The second-order valence-corrected chi connectivity index (χ2v) is 22.5. The molecule has 3 aromatic heterocycles. The van der Waals surface area contributed by atoms with Gasteiger partial charge in [0.1, 0.15) is 29.5 Å². The standard InChI is InChI=1S/C21H22FN3O2S.C18H21FN2O3.C17H23FN2O3.C7H16O3/c22-15-6-7-17-16(11-15)21(27)25(13-24-17)18(10-14-4-2-1-3-5-14)19(26)12-20-23-8-9-28-20;1-24-18(23)16(9-12-5-3-2-4-6-12)21-11-20-15-8-7-13(19)10-14(15)17(21)22;1-23-17(22)15(9-11-5-3-2-4-6-11)20-16(21)13-10-12(18)7-8-14(13)19;1-4-8-7(9-5-2)10-6-3/h6-9,11,13-14,18H,1-5,10,12H2;7-8,10-12,16H,2-6,9H2,1H3;7-8,10-11,15H,2-6,9,19H2,1H3,(H,20,21);7H,4-6H2,1-3H3. The Kier molecular flexibility index (Phi) is 27.6. The van der Waals surface area contributed by atoms with Crippen molar-refractivity contribution >= 4 is 62.5 Å². The minimum atomic E-state index is -0.738. The SMILES string of the molecule is CCOC(OCC)OCC.COC(=O)C(CC1CCCCC1)NC(=O)c1cc(F)ccc1N.COC(=O)C(CC1CCCCC1)n1cnc2ccc(F)cc2c1=O.O=C(Cc1nccs1)C(CC1CCCCC1)n1cnc2ccc(F)cc2c1=O. The number of aromatic nitrogens is 5. The summed E-state index contributed by atoms with van der Waals surface area (Å²) in [5.41, 5.74) is 5.99. The molecule has 0 spiro atoms. The molecule has 3 saturated carbocycles. The lowest BCUT2D eigenvalue weighted by atomic mass is 9.83. The van der Waals surface area contributed by atoms with Crippen molar-refractivity contribution in [3.8, 4) is 0 Å². The lowest BCUT2D eigenvalue weighted by Gasteiger charge is -2.27. The second-order valence-electron chi connectivity index (χ2n) is 21.5. The van der Waals surface area contributed by atoms with E-state index < -0.39 is 65.5 Å². The quantitative estimate of drug-likeness (QED) is 0.0387. The Bertz CT molecular complexity index is 3190. The molecule has 85 heavy (non-hydrogen) atoms. The molecule has 18 nitrogen and oxygen atoms in total. The third-order valence-corrected chi connectivity index (χ3v) is 16.4. The summed E-state index contributed by atoms with van der Waals surface area (Å²) < 4.78 is 68.1. The number of amides is 1. The number of carbonyl (C=O) groups is 4. The smallest absolute Gasteiger partial charge is 0.329 e. The van der Waals surface area contributed by atoms with Crippen LogP contribution in [0.25, 0.3) is 21.8 Å². The van der Waals surface area contributed by atoms with Crippen LogP contribution in [-0.4, -0.2) is 94.3 Å². The zero-order valence-corrected chi connectivity index (χ0v) is 50.3. The van der Waals surface area contributed by atoms with E-state index >= 15 is 0 Å². The van der Waals surface area contributed by atoms with Crippen LogP contribution in [0.4, 0.5) is 18.9 Å². The van der Waals surface area contributed by atoms with Gasteiger partial charge in [0, 0.05) is 37.1 Å². The third kappa shape index (κ3) is 20.4. The Labute approximate surface area is 498 Å². The number of halogens is 3. The predicted octanol–water partition coefficient (Wildman–Crippen LogP) is 11.6. The van der Waals surface area contributed by atoms with Crippen LogP contribution in [0.5, 0.6) is 0 Å². The molecule has 3 unspecified atom stereocenters.